The summed E-state index contributed by atoms with van der Waals surface area (Å²) >= 11 is 0. The van der Waals surface area contributed by atoms with Crippen LogP contribution in [0.3, 0.4) is 0 Å². The summed E-state index contributed by atoms with van der Waals surface area (Å²) in [6, 6.07) is 3.54. The van der Waals surface area contributed by atoms with Crippen molar-refractivity contribution in [1.29, 1.82) is 0 Å². The van der Waals surface area contributed by atoms with Crippen molar-refractivity contribution in [3.8, 4) is 5.75 Å². The Morgan fingerprint density at radius 2 is 2.13 bits per heavy atom. The van der Waals surface area contributed by atoms with Crippen molar-refractivity contribution >= 4 is 11.7 Å². The van der Waals surface area contributed by atoms with Gasteiger partial charge in [0.15, 0.2) is 0 Å². The topological polar surface area (TPSA) is 66.4 Å². The number of amides is 1. The summed E-state index contributed by atoms with van der Waals surface area (Å²) in [6.45, 7) is 1.11. The number of hydrogen-bond acceptors (Lipinski definition) is 3. The van der Waals surface area contributed by atoms with Crippen LogP contribution < -0.4 is 5.32 Å². The van der Waals surface area contributed by atoms with E-state index in [0.29, 0.717) is 0 Å². The Bertz CT molecular complexity index is 383. The zero-order valence-corrected chi connectivity index (χ0v) is 8.08. The standard InChI is InChI=1S/C10H10FNO3/c1-6(13)5-12-10(15)9-7(11)3-2-4-8(9)14/h2-4,14H,5H2,1H3,(H,12,15). The number of rotatable bonds is 3. The normalized spacial score (nSPS) is 9.73. The lowest BCUT2D eigenvalue weighted by molar-refractivity contribution is -0.116. The zero-order valence-electron chi connectivity index (χ0n) is 8.08. The van der Waals surface area contributed by atoms with Gasteiger partial charge in [0, 0.05) is 0 Å². The van der Waals surface area contributed by atoms with Gasteiger partial charge in [-0.15, -0.1) is 0 Å². The molecule has 0 saturated heterocycles. The highest BCUT2D eigenvalue weighted by Crippen LogP contribution is 2.19. The number of nitrogens with one attached hydrogen (secondary N) is 1. The number of ketones is 1. The number of carbonyl (C=O) groups is 2. The Kier molecular flexibility index (Phi) is 3.38. The molecule has 0 unspecified atom stereocenters. The van der Waals surface area contributed by atoms with E-state index >= 15 is 0 Å². The molecule has 0 heterocycles. The number of Topliss-reactive ketones (excluding diaryl/α,β-unsaturated/α-hetero) is 1. The fourth-order valence-electron chi connectivity index (χ4n) is 1.03. The summed E-state index contributed by atoms with van der Waals surface area (Å²) in [7, 11) is 0. The first kappa shape index (κ1) is 11.2. The second-order valence-electron chi connectivity index (χ2n) is 3.02. The van der Waals surface area contributed by atoms with Crippen LogP contribution in [0.15, 0.2) is 18.2 Å². The van der Waals surface area contributed by atoms with Crippen molar-refractivity contribution in [2.24, 2.45) is 0 Å². The van der Waals surface area contributed by atoms with Crippen molar-refractivity contribution in [3.05, 3.63) is 29.6 Å². The fraction of sp³-hybridized carbons (Fsp3) is 0.200. The van der Waals surface area contributed by atoms with E-state index in [1.54, 1.807) is 0 Å². The van der Waals surface area contributed by atoms with Gasteiger partial charge in [-0.2, -0.15) is 0 Å². The number of halogens is 1. The lowest BCUT2D eigenvalue weighted by Crippen LogP contribution is -2.29. The summed E-state index contributed by atoms with van der Waals surface area (Å²) in [5, 5.41) is 11.4. The molecule has 1 aromatic carbocycles. The Morgan fingerprint density at radius 1 is 1.47 bits per heavy atom. The molecule has 1 amide bonds. The predicted octanol–water partition coefficient (Wildman–Crippen LogP) is 0.850. The molecule has 0 spiro atoms. The average Bonchev–Trinajstić information content (AvgIpc) is 2.14. The molecule has 80 valence electrons. The third-order valence-corrected chi connectivity index (χ3v) is 1.72. The van der Waals surface area contributed by atoms with E-state index in [-0.39, 0.29) is 12.3 Å². The molecule has 15 heavy (non-hydrogen) atoms. The second kappa shape index (κ2) is 4.54. The van der Waals surface area contributed by atoms with Gasteiger partial charge in [0.1, 0.15) is 22.9 Å². The molecule has 0 aliphatic carbocycles. The second-order valence-corrected chi connectivity index (χ2v) is 3.02. The smallest absolute Gasteiger partial charge is 0.258 e. The minimum absolute atomic E-state index is 0.188. The maximum absolute atomic E-state index is 13.1. The van der Waals surface area contributed by atoms with Gasteiger partial charge in [0.2, 0.25) is 0 Å². The van der Waals surface area contributed by atoms with Crippen LogP contribution in [0.2, 0.25) is 0 Å². The van der Waals surface area contributed by atoms with E-state index in [1.807, 2.05) is 0 Å². The third kappa shape index (κ3) is 2.77. The lowest BCUT2D eigenvalue weighted by atomic mass is 10.1. The first-order valence-electron chi connectivity index (χ1n) is 4.27. The van der Waals surface area contributed by atoms with Crippen molar-refractivity contribution in [1.82, 2.24) is 5.32 Å². The van der Waals surface area contributed by atoms with Crippen LogP contribution in [0.5, 0.6) is 5.75 Å². The molecular formula is C10H10FNO3. The molecule has 0 aliphatic heterocycles. The quantitative estimate of drug-likeness (QED) is 0.778. The zero-order chi connectivity index (χ0) is 11.4. The predicted molar refractivity (Wildman–Crippen MR) is 51.1 cm³/mol. The van der Waals surface area contributed by atoms with Gasteiger partial charge in [-0.3, -0.25) is 9.59 Å². The Balaban J connectivity index is 2.86. The molecule has 0 fully saturated rings. The molecule has 4 nitrogen and oxygen atoms in total. The van der Waals surface area contributed by atoms with Crippen LogP contribution in [0.1, 0.15) is 17.3 Å². The van der Waals surface area contributed by atoms with Crippen LogP contribution in [-0.2, 0) is 4.79 Å². The Hall–Kier alpha value is -1.91. The minimum Gasteiger partial charge on any atom is -0.507 e. The molecule has 5 heteroatoms. The highest BCUT2D eigenvalue weighted by molar-refractivity contribution is 5.98. The highest BCUT2D eigenvalue weighted by atomic mass is 19.1. The molecule has 0 bridgehead atoms. The van der Waals surface area contributed by atoms with Crippen molar-refractivity contribution < 1.29 is 19.1 Å². The van der Waals surface area contributed by atoms with Crippen molar-refractivity contribution in [2.45, 2.75) is 6.92 Å². The molecule has 1 rings (SSSR count). The van der Waals surface area contributed by atoms with Gasteiger partial charge < -0.3 is 10.4 Å². The molecule has 2 N–H and O–H groups in total. The monoisotopic (exact) mass is 211 g/mol. The van der Waals surface area contributed by atoms with Crippen molar-refractivity contribution in [3.63, 3.8) is 0 Å². The van der Waals surface area contributed by atoms with E-state index in [4.69, 9.17) is 0 Å². The maximum Gasteiger partial charge on any atom is 0.258 e. The molecule has 0 saturated carbocycles. The van der Waals surface area contributed by atoms with Crippen LogP contribution in [0.25, 0.3) is 0 Å². The molecule has 0 radical (unpaired) electrons. The van der Waals surface area contributed by atoms with E-state index in [1.165, 1.54) is 19.1 Å². The van der Waals surface area contributed by atoms with Gasteiger partial charge in [-0.1, -0.05) is 6.07 Å². The van der Waals surface area contributed by atoms with E-state index in [2.05, 4.69) is 5.32 Å². The van der Waals surface area contributed by atoms with Gasteiger partial charge in [0.25, 0.3) is 5.91 Å². The lowest BCUT2D eigenvalue weighted by Gasteiger charge is -2.05. The number of phenolic OH excluding ortho intramolecular Hbond substituents is 1. The number of carbonyl (C=O) groups excluding carboxylic acids is 2. The molecule has 0 atom stereocenters. The SMILES string of the molecule is CC(=O)CNC(=O)c1c(O)cccc1F. The summed E-state index contributed by atoms with van der Waals surface area (Å²) in [6.07, 6.45) is 0. The third-order valence-electron chi connectivity index (χ3n) is 1.72. The molecule has 1 aromatic rings. The highest BCUT2D eigenvalue weighted by Gasteiger charge is 2.15. The van der Waals surface area contributed by atoms with Gasteiger partial charge in [-0.05, 0) is 19.1 Å². The van der Waals surface area contributed by atoms with Gasteiger partial charge in [-0.25, -0.2) is 4.39 Å². The first-order chi connectivity index (χ1) is 7.02. The summed E-state index contributed by atoms with van der Waals surface area (Å²) < 4.78 is 13.1. The van der Waals surface area contributed by atoms with Crippen LogP contribution in [0.4, 0.5) is 4.39 Å². The minimum atomic E-state index is -0.823. The van der Waals surface area contributed by atoms with Crippen LogP contribution in [-0.4, -0.2) is 23.3 Å². The molecule has 0 aromatic heterocycles. The Morgan fingerprint density at radius 3 is 2.67 bits per heavy atom. The van der Waals surface area contributed by atoms with Gasteiger partial charge in [0.05, 0.1) is 6.54 Å². The largest absolute Gasteiger partial charge is 0.507 e. The number of hydrogen-bond donors (Lipinski definition) is 2. The fourth-order valence-corrected chi connectivity index (χ4v) is 1.03. The number of phenols is 1. The number of aromatic hydroxyl groups is 1. The Labute approximate surface area is 85.7 Å². The summed E-state index contributed by atoms with van der Waals surface area (Å²) in [5.74, 6) is -2.33. The average molecular weight is 211 g/mol. The van der Waals surface area contributed by atoms with Crippen LogP contribution in [0, 0.1) is 5.82 Å². The van der Waals surface area contributed by atoms with Crippen molar-refractivity contribution in [2.75, 3.05) is 6.54 Å². The maximum atomic E-state index is 13.1. The van der Waals surface area contributed by atoms with E-state index < -0.39 is 23.0 Å². The molecule has 0 aliphatic rings. The van der Waals surface area contributed by atoms with Crippen LogP contribution >= 0.6 is 0 Å². The summed E-state index contributed by atoms with van der Waals surface area (Å²) in [5.41, 5.74) is -0.446. The van der Waals surface area contributed by atoms with E-state index in [9.17, 15) is 19.1 Å². The summed E-state index contributed by atoms with van der Waals surface area (Å²) in [4.78, 5) is 21.9. The first-order valence-corrected chi connectivity index (χ1v) is 4.27. The van der Waals surface area contributed by atoms with E-state index in [0.717, 1.165) is 6.07 Å². The van der Waals surface area contributed by atoms with Gasteiger partial charge >= 0.3 is 0 Å². The molecular weight excluding hydrogens is 201 g/mol. The number of benzene rings is 1.